The first kappa shape index (κ1) is 17.0. The molecule has 0 spiro atoms. The summed E-state index contributed by atoms with van der Waals surface area (Å²) < 4.78 is 1.06. The normalized spacial score (nSPS) is 17.8. The van der Waals surface area contributed by atoms with E-state index < -0.39 is 0 Å². The van der Waals surface area contributed by atoms with E-state index in [2.05, 4.69) is 66.0 Å². The predicted octanol–water partition coefficient (Wildman–Crippen LogP) is 5.41. The summed E-state index contributed by atoms with van der Waals surface area (Å²) in [5.74, 6) is 0.331. The summed E-state index contributed by atoms with van der Waals surface area (Å²) in [7, 11) is 0. The Labute approximate surface area is 142 Å². The van der Waals surface area contributed by atoms with E-state index in [0.717, 1.165) is 22.9 Å². The number of carbonyl (C=O) groups excluding carboxylic acids is 1. The first-order chi connectivity index (χ1) is 10.5. The highest BCUT2D eigenvalue weighted by Crippen LogP contribution is 2.32. The summed E-state index contributed by atoms with van der Waals surface area (Å²) in [5, 5.41) is 0. The molecule has 118 valence electrons. The van der Waals surface area contributed by atoms with Crippen molar-refractivity contribution in [3.05, 3.63) is 58.4 Å². The van der Waals surface area contributed by atoms with Crippen LogP contribution in [0.5, 0.6) is 0 Å². The average molecular weight is 362 g/mol. The van der Waals surface area contributed by atoms with Crippen LogP contribution in [0.25, 0.3) is 0 Å². The van der Waals surface area contributed by atoms with E-state index in [9.17, 15) is 4.79 Å². The van der Waals surface area contributed by atoms with Gasteiger partial charge in [-0.25, -0.2) is 0 Å². The number of Topliss-reactive ketones (excluding diaryl/α,β-unsaturated/α-hetero) is 1. The average Bonchev–Trinajstić information content (AvgIpc) is 2.52. The summed E-state index contributed by atoms with van der Waals surface area (Å²) in [5.41, 5.74) is 2.07. The molecule has 0 saturated heterocycles. The van der Waals surface area contributed by atoms with Gasteiger partial charge in [0.25, 0.3) is 0 Å². The highest BCUT2D eigenvalue weighted by Gasteiger charge is 2.24. The number of ketones is 1. The number of carbonyl (C=O) groups is 1. The minimum absolute atomic E-state index is 0.0625. The van der Waals surface area contributed by atoms with Gasteiger partial charge in [-0.3, -0.25) is 4.79 Å². The van der Waals surface area contributed by atoms with Crippen LogP contribution in [0.15, 0.2) is 52.8 Å². The number of rotatable bonds is 6. The van der Waals surface area contributed by atoms with Gasteiger partial charge in [0.1, 0.15) is 0 Å². The van der Waals surface area contributed by atoms with Crippen LogP contribution in [0.1, 0.15) is 51.5 Å². The van der Waals surface area contributed by atoms with E-state index in [1.165, 1.54) is 5.56 Å². The molecule has 0 bridgehead atoms. The molecule has 0 radical (unpaired) electrons. The molecular formula is C19H24BrNO. The Morgan fingerprint density at radius 2 is 1.95 bits per heavy atom. The van der Waals surface area contributed by atoms with Gasteiger partial charge in [-0.1, -0.05) is 47.5 Å². The first-order valence-corrected chi connectivity index (χ1v) is 8.78. The lowest BCUT2D eigenvalue weighted by Crippen LogP contribution is -2.26. The van der Waals surface area contributed by atoms with E-state index in [1.807, 2.05) is 18.3 Å². The van der Waals surface area contributed by atoms with Crippen molar-refractivity contribution in [2.24, 2.45) is 0 Å². The number of allylic oxidation sites excluding steroid dienone is 2. The molecule has 1 aliphatic rings. The monoisotopic (exact) mass is 361 g/mol. The van der Waals surface area contributed by atoms with Gasteiger partial charge < -0.3 is 4.90 Å². The van der Waals surface area contributed by atoms with Crippen molar-refractivity contribution in [2.45, 2.75) is 52.0 Å². The molecule has 2 rings (SSSR count). The maximum atomic E-state index is 12.6. The number of hydrogen-bond donors (Lipinski definition) is 0. The van der Waals surface area contributed by atoms with Crippen LogP contribution in [0.4, 0.5) is 0 Å². The maximum Gasteiger partial charge on any atom is 0.161 e. The Bertz CT molecular complexity index is 572. The minimum atomic E-state index is 0.0625. The molecule has 1 atom stereocenters. The lowest BCUT2D eigenvalue weighted by molar-refractivity contribution is -0.116. The molecule has 1 aliphatic heterocycles. The van der Waals surface area contributed by atoms with Crippen molar-refractivity contribution in [3.8, 4) is 0 Å². The van der Waals surface area contributed by atoms with Crippen molar-refractivity contribution in [3.63, 3.8) is 0 Å². The molecule has 0 unspecified atom stereocenters. The molecule has 22 heavy (non-hydrogen) atoms. The van der Waals surface area contributed by atoms with E-state index in [4.69, 9.17) is 0 Å². The molecule has 0 aliphatic carbocycles. The van der Waals surface area contributed by atoms with Gasteiger partial charge >= 0.3 is 0 Å². The number of benzene rings is 1. The summed E-state index contributed by atoms with van der Waals surface area (Å²) in [6.45, 7) is 6.39. The minimum Gasteiger partial charge on any atom is -0.352 e. The zero-order valence-corrected chi connectivity index (χ0v) is 15.1. The van der Waals surface area contributed by atoms with E-state index >= 15 is 0 Å². The number of unbranched alkanes of at least 4 members (excludes halogenated alkanes) is 1. The zero-order chi connectivity index (χ0) is 16.1. The van der Waals surface area contributed by atoms with E-state index in [0.29, 0.717) is 12.5 Å². The third kappa shape index (κ3) is 4.10. The molecule has 1 heterocycles. The van der Waals surface area contributed by atoms with Crippen molar-refractivity contribution < 1.29 is 4.79 Å². The molecular weight excluding hydrogens is 338 g/mol. The summed E-state index contributed by atoms with van der Waals surface area (Å²) in [6, 6.07) is 8.60. The van der Waals surface area contributed by atoms with Crippen molar-refractivity contribution in [1.29, 1.82) is 0 Å². The van der Waals surface area contributed by atoms with Gasteiger partial charge in [-0.15, -0.1) is 0 Å². The first-order valence-electron chi connectivity index (χ1n) is 7.99. The summed E-state index contributed by atoms with van der Waals surface area (Å²) >= 11 is 3.47. The van der Waals surface area contributed by atoms with Crippen LogP contribution in [0, 0.1) is 0 Å². The molecule has 0 fully saturated rings. The quantitative estimate of drug-likeness (QED) is 0.674. The molecule has 2 nitrogen and oxygen atoms in total. The Kier molecular flexibility index (Phi) is 6.01. The van der Waals surface area contributed by atoms with Crippen LogP contribution in [-0.4, -0.2) is 16.7 Å². The highest BCUT2D eigenvalue weighted by molar-refractivity contribution is 9.10. The molecule has 0 aromatic heterocycles. The fraction of sp³-hybridized carbons (Fsp3) is 0.421. The van der Waals surface area contributed by atoms with Gasteiger partial charge in [0.05, 0.1) is 0 Å². The highest BCUT2D eigenvalue weighted by atomic mass is 79.9. The standard InChI is InChI=1S/C19H24BrNO/c1-4-5-6-19(22)18-13-21(14(2)3)12-11-17(18)15-7-9-16(20)10-8-15/h7-14,17H,4-6H2,1-3H3/t17-/m0/s1. The topological polar surface area (TPSA) is 20.3 Å². The number of halogens is 1. The van der Waals surface area contributed by atoms with Gasteiger partial charge in [0, 0.05) is 40.8 Å². The van der Waals surface area contributed by atoms with E-state index in [-0.39, 0.29) is 11.7 Å². The van der Waals surface area contributed by atoms with Gasteiger partial charge in [0.15, 0.2) is 5.78 Å². The Morgan fingerprint density at radius 3 is 2.55 bits per heavy atom. The van der Waals surface area contributed by atoms with Crippen LogP contribution >= 0.6 is 15.9 Å². The maximum absolute atomic E-state index is 12.6. The Balaban J connectivity index is 2.30. The van der Waals surface area contributed by atoms with Crippen LogP contribution in [-0.2, 0) is 4.79 Å². The summed E-state index contributed by atoms with van der Waals surface area (Å²) in [4.78, 5) is 14.8. The Morgan fingerprint density at radius 1 is 1.27 bits per heavy atom. The van der Waals surface area contributed by atoms with Crippen LogP contribution < -0.4 is 0 Å². The molecule has 0 N–H and O–H groups in total. The second kappa shape index (κ2) is 7.77. The van der Waals surface area contributed by atoms with Crippen LogP contribution in [0.2, 0.25) is 0 Å². The van der Waals surface area contributed by atoms with Crippen molar-refractivity contribution >= 4 is 21.7 Å². The Hall–Kier alpha value is -1.35. The molecule has 1 aromatic carbocycles. The molecule has 0 amide bonds. The van der Waals surface area contributed by atoms with Crippen LogP contribution in [0.3, 0.4) is 0 Å². The second-order valence-corrected chi connectivity index (χ2v) is 6.94. The third-order valence-corrected chi connectivity index (χ3v) is 4.51. The fourth-order valence-corrected chi connectivity index (χ4v) is 2.85. The lowest BCUT2D eigenvalue weighted by Gasteiger charge is -2.29. The van der Waals surface area contributed by atoms with Crippen molar-refractivity contribution in [2.75, 3.05) is 0 Å². The number of nitrogens with zero attached hydrogens (tertiary/aromatic N) is 1. The molecule has 3 heteroatoms. The fourth-order valence-electron chi connectivity index (χ4n) is 2.58. The summed E-state index contributed by atoms with van der Waals surface area (Å²) in [6.07, 6.45) is 8.90. The smallest absolute Gasteiger partial charge is 0.161 e. The van der Waals surface area contributed by atoms with E-state index in [1.54, 1.807) is 0 Å². The zero-order valence-electron chi connectivity index (χ0n) is 13.6. The van der Waals surface area contributed by atoms with Gasteiger partial charge in [0.2, 0.25) is 0 Å². The van der Waals surface area contributed by atoms with Gasteiger partial charge in [-0.2, -0.15) is 0 Å². The second-order valence-electron chi connectivity index (χ2n) is 6.02. The SMILES string of the molecule is CCCCC(=O)C1=CN(C(C)C)C=C[C@H]1c1ccc(Br)cc1. The van der Waals surface area contributed by atoms with Crippen molar-refractivity contribution in [1.82, 2.24) is 4.90 Å². The molecule has 0 saturated carbocycles. The largest absolute Gasteiger partial charge is 0.352 e. The van der Waals surface area contributed by atoms with Gasteiger partial charge in [-0.05, 0) is 38.0 Å². The lowest BCUT2D eigenvalue weighted by atomic mass is 9.86. The third-order valence-electron chi connectivity index (χ3n) is 3.98. The number of hydrogen-bond acceptors (Lipinski definition) is 2. The molecule has 1 aromatic rings. The predicted molar refractivity (Wildman–Crippen MR) is 95.6 cm³/mol.